The molecule has 16 heavy (non-hydrogen) atoms. The third-order valence-corrected chi connectivity index (χ3v) is 4.34. The van der Waals surface area contributed by atoms with E-state index >= 15 is 0 Å². The minimum absolute atomic E-state index is 0.152. The molecule has 0 aromatic heterocycles. The molecule has 4 nitrogen and oxygen atoms in total. The summed E-state index contributed by atoms with van der Waals surface area (Å²) in [6.07, 6.45) is 5.88. The van der Waals surface area contributed by atoms with Crippen LogP contribution >= 0.6 is 0 Å². The Morgan fingerprint density at radius 2 is 1.31 bits per heavy atom. The Kier molecular flexibility index (Phi) is 9.97. The lowest BCUT2D eigenvalue weighted by Gasteiger charge is -2.04. The van der Waals surface area contributed by atoms with E-state index in [0.717, 1.165) is 32.1 Å². The van der Waals surface area contributed by atoms with Crippen LogP contribution in [-0.4, -0.2) is 38.2 Å². The predicted molar refractivity (Wildman–Crippen MR) is 67.1 cm³/mol. The number of unbranched alkanes of at least 4 members (excludes halogenated alkanes) is 5. The van der Waals surface area contributed by atoms with E-state index in [1.807, 2.05) is 0 Å². The van der Waals surface area contributed by atoms with E-state index in [9.17, 15) is 8.42 Å². The van der Waals surface area contributed by atoms with Gasteiger partial charge in [-0.15, -0.1) is 0 Å². The van der Waals surface area contributed by atoms with E-state index in [2.05, 4.69) is 0 Å². The lowest BCUT2D eigenvalue weighted by Crippen LogP contribution is -2.11. The fraction of sp³-hybridized carbons (Fsp3) is 1.00. The molecular weight excluding hydrogens is 226 g/mol. The lowest BCUT2D eigenvalue weighted by atomic mass is 10.2. The molecule has 0 saturated heterocycles. The number of aliphatic hydroxyl groups is 1. The highest BCUT2D eigenvalue weighted by molar-refractivity contribution is 7.91. The van der Waals surface area contributed by atoms with Crippen LogP contribution in [-0.2, 0) is 9.84 Å². The smallest absolute Gasteiger partial charge is 0.150 e. The van der Waals surface area contributed by atoms with Crippen LogP contribution in [0.25, 0.3) is 0 Å². The number of sulfone groups is 1. The number of rotatable bonds is 11. The molecule has 0 rings (SSSR count). The first-order chi connectivity index (χ1) is 7.62. The first-order valence-electron chi connectivity index (χ1n) is 6.14. The van der Waals surface area contributed by atoms with Crippen molar-refractivity contribution in [2.24, 2.45) is 5.73 Å². The number of hydrogen-bond acceptors (Lipinski definition) is 4. The van der Waals surface area contributed by atoms with Gasteiger partial charge in [-0.3, -0.25) is 0 Å². The van der Waals surface area contributed by atoms with Gasteiger partial charge in [0.25, 0.3) is 0 Å². The predicted octanol–water partition coefficient (Wildman–Crippen LogP) is 1.08. The van der Waals surface area contributed by atoms with Crippen LogP contribution in [0.5, 0.6) is 0 Å². The van der Waals surface area contributed by atoms with Crippen molar-refractivity contribution in [1.82, 2.24) is 0 Å². The van der Waals surface area contributed by atoms with Crippen molar-refractivity contribution < 1.29 is 13.5 Å². The van der Waals surface area contributed by atoms with Gasteiger partial charge in [0.15, 0.2) is 0 Å². The van der Waals surface area contributed by atoms with Crippen LogP contribution in [0.3, 0.4) is 0 Å². The van der Waals surface area contributed by atoms with Gasteiger partial charge in [0.2, 0.25) is 0 Å². The standard InChI is InChI=1S/C11H25NO3S/c12-8-4-1-2-6-10-16(14,15)11-7-3-5-9-13/h13H,1-12H2. The van der Waals surface area contributed by atoms with Gasteiger partial charge >= 0.3 is 0 Å². The fourth-order valence-corrected chi connectivity index (χ4v) is 3.02. The largest absolute Gasteiger partial charge is 0.396 e. The fourth-order valence-electron chi connectivity index (χ4n) is 1.53. The molecule has 0 spiro atoms. The summed E-state index contributed by atoms with van der Waals surface area (Å²) in [5, 5.41) is 8.56. The van der Waals surface area contributed by atoms with E-state index in [0.29, 0.717) is 25.1 Å². The summed E-state index contributed by atoms with van der Waals surface area (Å²) in [6, 6.07) is 0. The molecule has 0 aliphatic carbocycles. The van der Waals surface area contributed by atoms with Gasteiger partial charge in [0, 0.05) is 6.61 Å². The second-order valence-electron chi connectivity index (χ2n) is 4.14. The van der Waals surface area contributed by atoms with Gasteiger partial charge in [-0.1, -0.05) is 19.3 Å². The van der Waals surface area contributed by atoms with Gasteiger partial charge < -0.3 is 10.8 Å². The monoisotopic (exact) mass is 251 g/mol. The van der Waals surface area contributed by atoms with Crippen LogP contribution in [0.2, 0.25) is 0 Å². The molecule has 0 saturated carbocycles. The highest BCUT2D eigenvalue weighted by Gasteiger charge is 2.09. The van der Waals surface area contributed by atoms with E-state index < -0.39 is 9.84 Å². The van der Waals surface area contributed by atoms with Crippen LogP contribution in [0.1, 0.15) is 44.9 Å². The zero-order valence-corrected chi connectivity index (χ0v) is 10.8. The highest BCUT2D eigenvalue weighted by atomic mass is 32.2. The molecule has 0 amide bonds. The highest BCUT2D eigenvalue weighted by Crippen LogP contribution is 2.05. The van der Waals surface area contributed by atoms with Crippen LogP contribution in [0.4, 0.5) is 0 Å². The minimum Gasteiger partial charge on any atom is -0.396 e. The SMILES string of the molecule is NCCCCCCS(=O)(=O)CCCCCO. The molecule has 5 heteroatoms. The topological polar surface area (TPSA) is 80.4 Å². The summed E-state index contributed by atoms with van der Waals surface area (Å²) in [5.41, 5.74) is 5.35. The van der Waals surface area contributed by atoms with Gasteiger partial charge in [-0.2, -0.15) is 0 Å². The van der Waals surface area contributed by atoms with Crippen molar-refractivity contribution in [2.45, 2.75) is 44.9 Å². The van der Waals surface area contributed by atoms with Crippen LogP contribution < -0.4 is 5.73 Å². The van der Waals surface area contributed by atoms with Gasteiger partial charge in [-0.05, 0) is 32.2 Å². The molecule has 0 radical (unpaired) electrons. The lowest BCUT2D eigenvalue weighted by molar-refractivity contribution is 0.284. The Morgan fingerprint density at radius 3 is 1.81 bits per heavy atom. The van der Waals surface area contributed by atoms with Crippen molar-refractivity contribution in [3.8, 4) is 0 Å². The van der Waals surface area contributed by atoms with E-state index in [-0.39, 0.29) is 12.4 Å². The summed E-state index contributed by atoms with van der Waals surface area (Å²) in [4.78, 5) is 0. The van der Waals surface area contributed by atoms with E-state index in [4.69, 9.17) is 10.8 Å². The molecule has 0 aromatic carbocycles. The Hall–Kier alpha value is -0.130. The second kappa shape index (κ2) is 10.1. The van der Waals surface area contributed by atoms with Gasteiger partial charge in [-0.25, -0.2) is 8.42 Å². The average molecular weight is 251 g/mol. The summed E-state index contributed by atoms with van der Waals surface area (Å²) in [7, 11) is -2.86. The third kappa shape index (κ3) is 10.4. The third-order valence-electron chi connectivity index (χ3n) is 2.52. The molecule has 0 aliphatic rings. The minimum atomic E-state index is -2.86. The maximum Gasteiger partial charge on any atom is 0.150 e. The van der Waals surface area contributed by atoms with Crippen molar-refractivity contribution in [3.05, 3.63) is 0 Å². The molecule has 0 unspecified atom stereocenters. The summed E-state index contributed by atoms with van der Waals surface area (Å²) >= 11 is 0. The number of hydrogen-bond donors (Lipinski definition) is 2. The maximum atomic E-state index is 11.5. The van der Waals surface area contributed by atoms with E-state index in [1.54, 1.807) is 0 Å². The Bertz CT molecular complexity index is 240. The molecule has 0 fully saturated rings. The van der Waals surface area contributed by atoms with Gasteiger partial charge in [0.05, 0.1) is 11.5 Å². The van der Waals surface area contributed by atoms with Gasteiger partial charge in [0.1, 0.15) is 9.84 Å². The zero-order chi connectivity index (χ0) is 12.3. The molecule has 0 aliphatic heterocycles. The second-order valence-corrected chi connectivity index (χ2v) is 6.44. The molecule has 0 bridgehead atoms. The molecule has 0 atom stereocenters. The Balaban J connectivity index is 3.47. The maximum absolute atomic E-state index is 11.5. The summed E-state index contributed by atoms with van der Waals surface area (Å²) in [5.74, 6) is 0.570. The number of aliphatic hydroxyl groups excluding tert-OH is 1. The summed E-state index contributed by atoms with van der Waals surface area (Å²) in [6.45, 7) is 0.840. The quantitative estimate of drug-likeness (QED) is 0.539. The molecule has 0 heterocycles. The first-order valence-corrected chi connectivity index (χ1v) is 7.96. The average Bonchev–Trinajstić information content (AvgIpc) is 2.24. The Labute approximate surface area is 99.1 Å². The summed E-state index contributed by atoms with van der Waals surface area (Å²) < 4.78 is 23.1. The normalized spacial score (nSPS) is 11.9. The van der Waals surface area contributed by atoms with Crippen molar-refractivity contribution >= 4 is 9.84 Å². The number of nitrogens with two attached hydrogens (primary N) is 1. The van der Waals surface area contributed by atoms with Crippen LogP contribution in [0, 0.1) is 0 Å². The van der Waals surface area contributed by atoms with Crippen LogP contribution in [0.15, 0.2) is 0 Å². The first kappa shape index (κ1) is 15.9. The van der Waals surface area contributed by atoms with Crippen molar-refractivity contribution in [3.63, 3.8) is 0 Å². The Morgan fingerprint density at radius 1 is 0.812 bits per heavy atom. The molecule has 98 valence electrons. The van der Waals surface area contributed by atoms with E-state index in [1.165, 1.54) is 0 Å². The molecule has 0 aromatic rings. The van der Waals surface area contributed by atoms with Crippen molar-refractivity contribution in [2.75, 3.05) is 24.7 Å². The van der Waals surface area contributed by atoms with Crippen molar-refractivity contribution in [1.29, 1.82) is 0 Å². The zero-order valence-electron chi connectivity index (χ0n) is 10.0. The molecular formula is C11H25NO3S. The molecule has 3 N–H and O–H groups in total.